The highest BCUT2D eigenvalue weighted by Crippen LogP contribution is 2.31. The minimum absolute atomic E-state index is 0.173. The number of thiazole rings is 1. The molecule has 0 unspecified atom stereocenters. The number of hydrogen-bond donors (Lipinski definition) is 1. The number of thioether (sulfide) groups is 1. The summed E-state index contributed by atoms with van der Waals surface area (Å²) in [6.07, 6.45) is 5.46. The first-order chi connectivity index (χ1) is 9.11. The topological polar surface area (TPSA) is 59.2 Å². The predicted octanol–water partition coefficient (Wildman–Crippen LogP) is 3.04. The van der Waals surface area contributed by atoms with E-state index in [4.69, 9.17) is 5.73 Å². The number of rotatable bonds is 5. The fraction of sp³-hybridized carbons (Fsp3) is 0.538. The number of amides is 1. The summed E-state index contributed by atoms with van der Waals surface area (Å²) in [5, 5.41) is 0.568. The summed E-state index contributed by atoms with van der Waals surface area (Å²) in [7, 11) is 0. The van der Waals surface area contributed by atoms with Crippen LogP contribution in [-0.2, 0) is 4.79 Å². The molecule has 2 N–H and O–H groups in total. The molecule has 0 saturated heterocycles. The first-order valence-electron chi connectivity index (χ1n) is 6.47. The fourth-order valence-corrected chi connectivity index (χ4v) is 4.08. The molecule has 4 nitrogen and oxygen atoms in total. The van der Waals surface area contributed by atoms with Crippen molar-refractivity contribution in [2.24, 2.45) is 0 Å². The Labute approximate surface area is 122 Å². The lowest BCUT2D eigenvalue weighted by atomic mass is 10.3. The molecule has 1 aromatic rings. The molecule has 0 saturated carbocycles. The zero-order valence-corrected chi connectivity index (χ0v) is 12.9. The Kier molecular flexibility index (Phi) is 4.87. The second-order valence-electron chi connectivity index (χ2n) is 4.44. The summed E-state index contributed by atoms with van der Waals surface area (Å²) in [6, 6.07) is 0. The molecule has 0 fully saturated rings. The highest BCUT2D eigenvalue weighted by Gasteiger charge is 2.19. The highest BCUT2D eigenvalue weighted by atomic mass is 32.2. The molecule has 104 valence electrons. The fourth-order valence-electron chi connectivity index (χ4n) is 2.18. The van der Waals surface area contributed by atoms with Crippen LogP contribution in [0.2, 0.25) is 0 Å². The van der Waals surface area contributed by atoms with E-state index < -0.39 is 0 Å². The largest absolute Gasteiger partial charge is 0.375 e. The van der Waals surface area contributed by atoms with Crippen LogP contribution in [0.1, 0.15) is 31.9 Å². The number of aryl methyl sites for hydroxylation is 1. The average Bonchev–Trinajstić information content (AvgIpc) is 2.98. The Balaban J connectivity index is 1.94. The minimum Gasteiger partial charge on any atom is -0.375 e. The van der Waals surface area contributed by atoms with Crippen molar-refractivity contribution in [2.75, 3.05) is 18.0 Å². The van der Waals surface area contributed by atoms with Gasteiger partial charge in [-0.05, 0) is 33.1 Å². The van der Waals surface area contributed by atoms with Crippen molar-refractivity contribution in [3.05, 3.63) is 17.5 Å². The average molecular weight is 297 g/mol. The van der Waals surface area contributed by atoms with Crippen molar-refractivity contribution in [2.45, 2.75) is 37.3 Å². The van der Waals surface area contributed by atoms with Gasteiger partial charge in [0.25, 0.3) is 0 Å². The zero-order valence-electron chi connectivity index (χ0n) is 11.3. The maximum Gasteiger partial charge on any atom is 0.237 e. The quantitative estimate of drug-likeness (QED) is 0.849. The summed E-state index contributed by atoms with van der Waals surface area (Å²) >= 11 is 2.99. The lowest BCUT2D eigenvalue weighted by Gasteiger charge is -2.22. The van der Waals surface area contributed by atoms with Crippen LogP contribution < -0.4 is 5.73 Å². The molecule has 6 heteroatoms. The van der Waals surface area contributed by atoms with Crippen molar-refractivity contribution in [3.63, 3.8) is 0 Å². The Morgan fingerprint density at radius 3 is 2.95 bits per heavy atom. The van der Waals surface area contributed by atoms with Gasteiger partial charge in [-0.15, -0.1) is 11.8 Å². The van der Waals surface area contributed by atoms with Crippen molar-refractivity contribution in [3.8, 4) is 0 Å². The summed E-state index contributed by atoms with van der Waals surface area (Å²) in [5.74, 6) is 0.625. The molecule has 0 spiro atoms. The van der Waals surface area contributed by atoms with Gasteiger partial charge in [0, 0.05) is 12.2 Å². The number of anilines is 1. The monoisotopic (exact) mass is 297 g/mol. The van der Waals surface area contributed by atoms with Crippen LogP contribution in [0.4, 0.5) is 5.13 Å². The number of aromatic nitrogens is 1. The first kappa shape index (κ1) is 14.4. The Morgan fingerprint density at radius 2 is 2.42 bits per heavy atom. The molecule has 0 aliphatic heterocycles. The van der Waals surface area contributed by atoms with Crippen LogP contribution in [-0.4, -0.2) is 28.1 Å². The van der Waals surface area contributed by atoms with E-state index in [0.717, 1.165) is 35.7 Å². The molecular weight excluding hydrogens is 278 g/mol. The number of carbonyl (C=O) groups is 1. The molecular formula is C13H19N3OS2. The van der Waals surface area contributed by atoms with Crippen molar-refractivity contribution < 1.29 is 4.79 Å². The van der Waals surface area contributed by atoms with Gasteiger partial charge in [-0.2, -0.15) is 0 Å². The molecule has 0 atom stereocenters. The van der Waals surface area contributed by atoms with Crippen LogP contribution >= 0.6 is 23.1 Å². The smallest absolute Gasteiger partial charge is 0.237 e. The summed E-state index contributed by atoms with van der Waals surface area (Å²) < 4.78 is 1.04. The lowest BCUT2D eigenvalue weighted by molar-refractivity contribution is -0.126. The van der Waals surface area contributed by atoms with Gasteiger partial charge >= 0.3 is 0 Å². The van der Waals surface area contributed by atoms with Gasteiger partial charge in [0.15, 0.2) is 5.13 Å². The molecule has 1 aliphatic carbocycles. The lowest BCUT2D eigenvalue weighted by Crippen LogP contribution is -2.31. The molecule has 1 amide bonds. The highest BCUT2D eigenvalue weighted by molar-refractivity contribution is 8.01. The maximum absolute atomic E-state index is 12.3. The molecule has 1 aromatic heterocycles. The van der Waals surface area contributed by atoms with E-state index in [1.807, 2.05) is 18.7 Å². The standard InChI is InChI=1S/C13H19N3OS2/c1-3-16(10-6-4-5-7-10)11(17)8-18-12-9(2)15-13(14)19-12/h6H,3-5,7-8H2,1-2H3,(H2,14,15). The number of nitrogen functional groups attached to an aromatic ring is 1. The number of allylic oxidation sites excluding steroid dienone is 2. The van der Waals surface area contributed by atoms with Crippen LogP contribution in [0.5, 0.6) is 0 Å². The summed E-state index contributed by atoms with van der Waals surface area (Å²) in [5.41, 5.74) is 7.77. The van der Waals surface area contributed by atoms with E-state index in [-0.39, 0.29) is 5.91 Å². The molecule has 0 aromatic carbocycles. The number of hydrogen-bond acceptors (Lipinski definition) is 5. The molecule has 1 heterocycles. The number of carbonyl (C=O) groups excluding carboxylic acids is 1. The predicted molar refractivity (Wildman–Crippen MR) is 81.3 cm³/mol. The molecule has 0 bridgehead atoms. The SMILES string of the molecule is CCN(C(=O)CSc1sc(N)nc1C)C1=CCCC1. The van der Waals surface area contributed by atoms with E-state index in [9.17, 15) is 4.79 Å². The van der Waals surface area contributed by atoms with Gasteiger partial charge < -0.3 is 10.6 Å². The van der Waals surface area contributed by atoms with E-state index >= 15 is 0 Å². The number of nitrogens with two attached hydrogens (primary N) is 1. The van der Waals surface area contributed by atoms with Gasteiger partial charge in [0.2, 0.25) is 5.91 Å². The third-order valence-electron chi connectivity index (χ3n) is 3.08. The second kappa shape index (κ2) is 6.43. The first-order valence-corrected chi connectivity index (χ1v) is 8.27. The normalized spacial score (nSPS) is 14.5. The van der Waals surface area contributed by atoms with Gasteiger partial charge in [-0.1, -0.05) is 17.4 Å². The third kappa shape index (κ3) is 3.51. The second-order valence-corrected chi connectivity index (χ2v) is 6.71. The van der Waals surface area contributed by atoms with Crippen molar-refractivity contribution in [1.29, 1.82) is 0 Å². The zero-order chi connectivity index (χ0) is 13.8. The van der Waals surface area contributed by atoms with Gasteiger partial charge in [-0.25, -0.2) is 4.98 Å². The van der Waals surface area contributed by atoms with Crippen LogP contribution in [0, 0.1) is 6.92 Å². The minimum atomic E-state index is 0.173. The number of nitrogens with zero attached hydrogens (tertiary/aromatic N) is 2. The van der Waals surface area contributed by atoms with E-state index in [0.29, 0.717) is 10.9 Å². The summed E-state index contributed by atoms with van der Waals surface area (Å²) in [6.45, 7) is 4.70. The van der Waals surface area contributed by atoms with Crippen LogP contribution in [0.25, 0.3) is 0 Å². The molecule has 19 heavy (non-hydrogen) atoms. The van der Waals surface area contributed by atoms with Crippen LogP contribution in [0.15, 0.2) is 16.0 Å². The Morgan fingerprint density at radius 1 is 1.63 bits per heavy atom. The van der Waals surface area contributed by atoms with Gasteiger partial charge in [0.05, 0.1) is 15.7 Å². The Hall–Kier alpha value is -1.01. The van der Waals surface area contributed by atoms with E-state index in [1.165, 1.54) is 28.8 Å². The van der Waals surface area contributed by atoms with Crippen LogP contribution in [0.3, 0.4) is 0 Å². The van der Waals surface area contributed by atoms with Gasteiger partial charge in [-0.3, -0.25) is 4.79 Å². The van der Waals surface area contributed by atoms with Crippen molar-refractivity contribution in [1.82, 2.24) is 9.88 Å². The maximum atomic E-state index is 12.3. The summed E-state index contributed by atoms with van der Waals surface area (Å²) in [4.78, 5) is 18.3. The third-order valence-corrected chi connectivity index (χ3v) is 5.41. The van der Waals surface area contributed by atoms with Crippen molar-refractivity contribution >= 4 is 34.1 Å². The Bertz CT molecular complexity index is 496. The van der Waals surface area contributed by atoms with E-state index in [2.05, 4.69) is 11.1 Å². The molecule has 0 radical (unpaired) electrons. The van der Waals surface area contributed by atoms with E-state index in [1.54, 1.807) is 0 Å². The molecule has 2 rings (SSSR count). The molecule has 1 aliphatic rings. The van der Waals surface area contributed by atoms with Gasteiger partial charge in [0.1, 0.15) is 0 Å².